The van der Waals surface area contributed by atoms with Gasteiger partial charge in [-0.3, -0.25) is 4.79 Å². The van der Waals surface area contributed by atoms with Gasteiger partial charge in [-0.05, 0) is 54.8 Å². The molecule has 0 radical (unpaired) electrons. The standard InChI is InChI=1S/C23H24N4O4/c1-14(28)25-17-7-10-22(29)19(11-17)20-12-21(16-5-6-16)27(26-20)23(30)24-13-15-3-8-18(31-2)9-4-15/h3-4,7-12,16,29H,5-6,13H2,1-2H3,(H,24,30)(H,25,28). The van der Waals surface area contributed by atoms with Crippen LogP contribution >= 0.6 is 0 Å². The van der Waals surface area contributed by atoms with Crippen LogP contribution in [0.2, 0.25) is 0 Å². The quantitative estimate of drug-likeness (QED) is 0.525. The Morgan fingerprint density at radius 3 is 2.55 bits per heavy atom. The minimum absolute atomic E-state index is 0.0275. The van der Waals surface area contributed by atoms with E-state index in [1.165, 1.54) is 17.7 Å². The van der Waals surface area contributed by atoms with E-state index >= 15 is 0 Å². The SMILES string of the molecule is COc1ccc(CNC(=O)n2nc(-c3cc(NC(C)=O)ccc3O)cc2C2CC2)cc1. The number of ether oxygens (including phenoxy) is 1. The molecule has 0 atom stereocenters. The zero-order chi connectivity index (χ0) is 22.0. The Balaban J connectivity index is 1.57. The number of aromatic nitrogens is 2. The maximum atomic E-state index is 12.9. The topological polar surface area (TPSA) is 105 Å². The lowest BCUT2D eigenvalue weighted by molar-refractivity contribution is -0.114. The predicted octanol–water partition coefficient (Wildman–Crippen LogP) is 3.86. The van der Waals surface area contributed by atoms with Gasteiger partial charge >= 0.3 is 6.03 Å². The molecular formula is C23H24N4O4. The van der Waals surface area contributed by atoms with Gasteiger partial charge in [0.1, 0.15) is 11.5 Å². The second kappa shape index (κ2) is 8.51. The molecule has 1 aliphatic rings. The number of amides is 2. The van der Waals surface area contributed by atoms with Crippen LogP contribution in [0.25, 0.3) is 11.3 Å². The number of methoxy groups -OCH3 is 1. The van der Waals surface area contributed by atoms with Gasteiger partial charge in [0, 0.05) is 30.6 Å². The smallest absolute Gasteiger partial charge is 0.342 e. The number of aromatic hydroxyl groups is 1. The van der Waals surface area contributed by atoms with Crippen molar-refractivity contribution in [2.75, 3.05) is 12.4 Å². The molecule has 1 aliphatic carbocycles. The zero-order valence-corrected chi connectivity index (χ0v) is 17.4. The van der Waals surface area contributed by atoms with Gasteiger partial charge in [0.2, 0.25) is 5.91 Å². The summed E-state index contributed by atoms with van der Waals surface area (Å²) in [6.07, 6.45) is 1.99. The number of nitrogens with zero attached hydrogens (tertiary/aromatic N) is 2. The van der Waals surface area contributed by atoms with E-state index in [0.29, 0.717) is 23.5 Å². The van der Waals surface area contributed by atoms with Crippen LogP contribution in [0.15, 0.2) is 48.5 Å². The van der Waals surface area contributed by atoms with Crippen molar-refractivity contribution < 1.29 is 19.4 Å². The summed E-state index contributed by atoms with van der Waals surface area (Å²) < 4.78 is 6.53. The van der Waals surface area contributed by atoms with E-state index in [0.717, 1.165) is 29.8 Å². The summed E-state index contributed by atoms with van der Waals surface area (Å²) >= 11 is 0. The minimum atomic E-state index is -0.332. The molecule has 2 aromatic carbocycles. The van der Waals surface area contributed by atoms with Crippen molar-refractivity contribution >= 4 is 17.6 Å². The van der Waals surface area contributed by atoms with Crippen LogP contribution in [0, 0.1) is 0 Å². The number of anilines is 1. The van der Waals surface area contributed by atoms with Crippen LogP contribution in [0.3, 0.4) is 0 Å². The van der Waals surface area contributed by atoms with Crippen LogP contribution in [0.4, 0.5) is 10.5 Å². The van der Waals surface area contributed by atoms with Gasteiger partial charge in [-0.2, -0.15) is 9.78 Å². The molecule has 1 saturated carbocycles. The second-order valence-electron chi connectivity index (χ2n) is 7.56. The van der Waals surface area contributed by atoms with Crippen molar-refractivity contribution in [2.45, 2.75) is 32.2 Å². The fraction of sp³-hybridized carbons (Fsp3) is 0.261. The minimum Gasteiger partial charge on any atom is -0.507 e. The highest BCUT2D eigenvalue weighted by Crippen LogP contribution is 2.42. The number of rotatable bonds is 6. The molecule has 0 aliphatic heterocycles. The first-order valence-electron chi connectivity index (χ1n) is 10.1. The highest BCUT2D eigenvalue weighted by atomic mass is 16.5. The van der Waals surface area contributed by atoms with Crippen molar-refractivity contribution in [1.29, 1.82) is 0 Å². The number of hydrogen-bond donors (Lipinski definition) is 3. The monoisotopic (exact) mass is 420 g/mol. The number of hydrogen-bond acceptors (Lipinski definition) is 5. The van der Waals surface area contributed by atoms with Crippen molar-refractivity contribution in [2.24, 2.45) is 0 Å². The first-order valence-corrected chi connectivity index (χ1v) is 10.1. The van der Waals surface area contributed by atoms with E-state index in [2.05, 4.69) is 15.7 Å². The molecular weight excluding hydrogens is 396 g/mol. The van der Waals surface area contributed by atoms with Crippen LogP contribution < -0.4 is 15.4 Å². The van der Waals surface area contributed by atoms with E-state index in [1.807, 2.05) is 30.3 Å². The predicted molar refractivity (Wildman–Crippen MR) is 116 cm³/mol. The first-order chi connectivity index (χ1) is 14.9. The lowest BCUT2D eigenvalue weighted by atomic mass is 10.1. The third kappa shape index (κ3) is 4.69. The maximum absolute atomic E-state index is 12.9. The number of phenols is 1. The summed E-state index contributed by atoms with van der Waals surface area (Å²) in [5.41, 5.74) is 3.23. The van der Waals surface area contributed by atoms with Gasteiger partial charge in [0.15, 0.2) is 0 Å². The molecule has 0 unspecified atom stereocenters. The third-order valence-electron chi connectivity index (χ3n) is 5.12. The van der Waals surface area contributed by atoms with Crippen LogP contribution in [0.5, 0.6) is 11.5 Å². The number of carbonyl (C=O) groups is 2. The van der Waals surface area contributed by atoms with E-state index in [4.69, 9.17) is 4.74 Å². The van der Waals surface area contributed by atoms with E-state index in [-0.39, 0.29) is 23.6 Å². The normalized spacial score (nSPS) is 13.0. The fourth-order valence-electron chi connectivity index (χ4n) is 3.38. The highest BCUT2D eigenvalue weighted by Gasteiger charge is 2.30. The third-order valence-corrected chi connectivity index (χ3v) is 5.12. The summed E-state index contributed by atoms with van der Waals surface area (Å²) in [6.45, 7) is 1.77. The Morgan fingerprint density at radius 2 is 1.90 bits per heavy atom. The van der Waals surface area contributed by atoms with Gasteiger partial charge < -0.3 is 20.5 Å². The van der Waals surface area contributed by atoms with Crippen molar-refractivity contribution in [3.05, 3.63) is 59.8 Å². The molecule has 4 rings (SSSR count). The van der Waals surface area contributed by atoms with Crippen LogP contribution in [-0.4, -0.2) is 33.9 Å². The molecule has 8 heteroatoms. The Kier molecular flexibility index (Phi) is 5.62. The van der Waals surface area contributed by atoms with Gasteiger partial charge in [0.25, 0.3) is 0 Å². The summed E-state index contributed by atoms with van der Waals surface area (Å²) in [7, 11) is 1.61. The Morgan fingerprint density at radius 1 is 1.16 bits per heavy atom. The molecule has 1 fully saturated rings. The highest BCUT2D eigenvalue weighted by molar-refractivity contribution is 5.90. The molecule has 3 aromatic rings. The fourth-order valence-corrected chi connectivity index (χ4v) is 3.38. The van der Waals surface area contributed by atoms with E-state index < -0.39 is 0 Å². The van der Waals surface area contributed by atoms with E-state index in [1.54, 1.807) is 19.2 Å². The molecule has 1 aromatic heterocycles. The molecule has 3 N–H and O–H groups in total. The summed E-state index contributed by atoms with van der Waals surface area (Å²) in [5.74, 6) is 0.844. The van der Waals surface area contributed by atoms with Crippen molar-refractivity contribution in [3.63, 3.8) is 0 Å². The van der Waals surface area contributed by atoms with Crippen molar-refractivity contribution in [3.8, 4) is 22.8 Å². The zero-order valence-electron chi connectivity index (χ0n) is 17.4. The molecule has 31 heavy (non-hydrogen) atoms. The second-order valence-corrected chi connectivity index (χ2v) is 7.56. The Hall–Kier alpha value is -3.81. The summed E-state index contributed by atoms with van der Waals surface area (Å²) in [6, 6.07) is 13.7. The summed E-state index contributed by atoms with van der Waals surface area (Å²) in [5, 5.41) is 20.4. The molecule has 0 spiro atoms. The van der Waals surface area contributed by atoms with Gasteiger partial charge in [-0.25, -0.2) is 4.79 Å². The Bertz CT molecular complexity index is 1120. The molecule has 0 saturated heterocycles. The van der Waals surface area contributed by atoms with E-state index in [9.17, 15) is 14.7 Å². The molecule has 1 heterocycles. The average molecular weight is 420 g/mol. The average Bonchev–Trinajstić information content (AvgIpc) is 3.51. The molecule has 0 bridgehead atoms. The van der Waals surface area contributed by atoms with Crippen LogP contribution in [-0.2, 0) is 11.3 Å². The van der Waals surface area contributed by atoms with Gasteiger partial charge in [0.05, 0.1) is 18.5 Å². The number of carbonyl (C=O) groups excluding carboxylic acids is 2. The maximum Gasteiger partial charge on any atom is 0.342 e. The largest absolute Gasteiger partial charge is 0.507 e. The van der Waals surface area contributed by atoms with Gasteiger partial charge in [-0.15, -0.1) is 0 Å². The number of nitrogens with one attached hydrogen (secondary N) is 2. The Labute approximate surface area is 179 Å². The lowest BCUT2D eigenvalue weighted by Crippen LogP contribution is -2.30. The molecule has 160 valence electrons. The first kappa shape index (κ1) is 20.5. The lowest BCUT2D eigenvalue weighted by Gasteiger charge is -2.09. The van der Waals surface area contributed by atoms with Crippen LogP contribution in [0.1, 0.15) is 36.9 Å². The van der Waals surface area contributed by atoms with Crippen molar-refractivity contribution in [1.82, 2.24) is 15.1 Å². The summed E-state index contributed by atoms with van der Waals surface area (Å²) in [4.78, 5) is 24.2. The number of benzene rings is 2. The molecule has 2 amide bonds. The van der Waals surface area contributed by atoms with Gasteiger partial charge in [-0.1, -0.05) is 12.1 Å². The molecule has 8 nitrogen and oxygen atoms in total. The number of phenolic OH excluding ortho intramolecular Hbond substituents is 1.